The van der Waals surface area contributed by atoms with Gasteiger partial charge in [-0.05, 0) is 64.5 Å². The van der Waals surface area contributed by atoms with E-state index >= 15 is 0 Å². The van der Waals surface area contributed by atoms with Gasteiger partial charge in [0.1, 0.15) is 0 Å². The summed E-state index contributed by atoms with van der Waals surface area (Å²) >= 11 is 0. The molecular weight excluding hydrogens is 248 g/mol. The van der Waals surface area contributed by atoms with Crippen molar-refractivity contribution in [1.29, 1.82) is 0 Å². The highest BCUT2D eigenvalue weighted by Gasteiger charge is 2.34. The smallest absolute Gasteiger partial charge is 0.151 e. The van der Waals surface area contributed by atoms with E-state index in [0.29, 0.717) is 0 Å². The van der Waals surface area contributed by atoms with Gasteiger partial charge in [0.2, 0.25) is 0 Å². The van der Waals surface area contributed by atoms with E-state index in [2.05, 4.69) is 53.3 Å². The summed E-state index contributed by atoms with van der Waals surface area (Å²) < 4.78 is 0. The van der Waals surface area contributed by atoms with Gasteiger partial charge >= 0.3 is 0 Å². The molecule has 4 heteroatoms. The fourth-order valence-electron chi connectivity index (χ4n) is 2.35. The zero-order valence-corrected chi connectivity index (χ0v) is 12.9. The first-order valence-electron chi connectivity index (χ1n) is 7.85. The second-order valence-electron chi connectivity index (χ2n) is 7.31. The van der Waals surface area contributed by atoms with E-state index < -0.39 is 0 Å². The second-order valence-corrected chi connectivity index (χ2v) is 7.31. The van der Waals surface area contributed by atoms with Gasteiger partial charge in [-0.3, -0.25) is 0 Å². The molecule has 2 aliphatic rings. The molecule has 0 aliphatic heterocycles. The number of nitrogens with one attached hydrogen (secondary N) is 1. The SMILES string of the molecule is CC(C)(C)NCc1ccc(N(CC2CC2)C2CC2)nn1. The molecule has 0 unspecified atom stereocenters. The lowest BCUT2D eigenvalue weighted by atomic mass is 10.1. The van der Waals surface area contributed by atoms with Crippen LogP contribution in [0.25, 0.3) is 0 Å². The van der Waals surface area contributed by atoms with E-state index in [1.807, 2.05) is 0 Å². The Bertz CT molecular complexity index is 441. The summed E-state index contributed by atoms with van der Waals surface area (Å²) in [5.41, 5.74) is 1.14. The molecule has 1 aromatic rings. The monoisotopic (exact) mass is 274 g/mol. The van der Waals surface area contributed by atoms with E-state index in [1.54, 1.807) is 0 Å². The second kappa shape index (κ2) is 5.32. The molecule has 0 saturated heterocycles. The molecule has 0 radical (unpaired) electrons. The summed E-state index contributed by atoms with van der Waals surface area (Å²) in [7, 11) is 0. The zero-order chi connectivity index (χ0) is 14.2. The van der Waals surface area contributed by atoms with Crippen LogP contribution < -0.4 is 10.2 Å². The molecule has 4 nitrogen and oxygen atoms in total. The maximum absolute atomic E-state index is 4.46. The van der Waals surface area contributed by atoms with Crippen LogP contribution in [0.5, 0.6) is 0 Å². The maximum atomic E-state index is 4.46. The molecule has 2 fully saturated rings. The van der Waals surface area contributed by atoms with E-state index in [1.165, 1.54) is 32.2 Å². The molecule has 0 aromatic carbocycles. The summed E-state index contributed by atoms with van der Waals surface area (Å²) in [4.78, 5) is 2.48. The van der Waals surface area contributed by atoms with Crippen molar-refractivity contribution in [3.63, 3.8) is 0 Å². The lowest BCUT2D eigenvalue weighted by Gasteiger charge is -2.23. The summed E-state index contributed by atoms with van der Waals surface area (Å²) in [5.74, 6) is 1.97. The minimum absolute atomic E-state index is 0.117. The van der Waals surface area contributed by atoms with Crippen molar-refractivity contribution in [1.82, 2.24) is 15.5 Å². The van der Waals surface area contributed by atoms with Gasteiger partial charge in [-0.2, -0.15) is 5.10 Å². The van der Waals surface area contributed by atoms with Crippen molar-refractivity contribution in [2.45, 2.75) is 64.6 Å². The van der Waals surface area contributed by atoms with Gasteiger partial charge in [0.05, 0.1) is 5.69 Å². The molecule has 0 atom stereocenters. The topological polar surface area (TPSA) is 41.0 Å². The molecule has 1 N–H and O–H groups in total. The Balaban J connectivity index is 1.61. The molecular formula is C16H26N4. The summed E-state index contributed by atoms with van der Waals surface area (Å²) in [6, 6.07) is 4.99. The predicted molar refractivity (Wildman–Crippen MR) is 81.7 cm³/mol. The van der Waals surface area contributed by atoms with E-state index in [4.69, 9.17) is 0 Å². The van der Waals surface area contributed by atoms with Crippen LogP contribution in [-0.2, 0) is 6.54 Å². The van der Waals surface area contributed by atoms with Crippen LogP contribution in [-0.4, -0.2) is 28.3 Å². The quantitative estimate of drug-likeness (QED) is 0.866. The highest BCUT2D eigenvalue weighted by molar-refractivity contribution is 5.41. The summed E-state index contributed by atoms with van der Waals surface area (Å²) in [6.07, 6.45) is 5.43. The minimum atomic E-state index is 0.117. The Morgan fingerprint density at radius 2 is 1.90 bits per heavy atom. The van der Waals surface area contributed by atoms with Crippen molar-refractivity contribution in [3.05, 3.63) is 17.8 Å². The van der Waals surface area contributed by atoms with E-state index in [-0.39, 0.29) is 5.54 Å². The van der Waals surface area contributed by atoms with Crippen LogP contribution in [0.4, 0.5) is 5.82 Å². The number of aromatic nitrogens is 2. The van der Waals surface area contributed by atoms with Crippen molar-refractivity contribution in [2.24, 2.45) is 5.92 Å². The van der Waals surface area contributed by atoms with E-state index in [0.717, 1.165) is 30.0 Å². The van der Waals surface area contributed by atoms with Gasteiger partial charge in [0.15, 0.2) is 5.82 Å². The van der Waals surface area contributed by atoms with Crippen LogP contribution in [0.15, 0.2) is 12.1 Å². The average Bonchev–Trinajstić information content (AvgIpc) is 3.26. The van der Waals surface area contributed by atoms with Gasteiger partial charge in [-0.1, -0.05) is 0 Å². The Morgan fingerprint density at radius 3 is 2.40 bits per heavy atom. The number of nitrogens with zero attached hydrogens (tertiary/aromatic N) is 3. The van der Waals surface area contributed by atoms with Crippen LogP contribution in [0.1, 0.15) is 52.1 Å². The van der Waals surface area contributed by atoms with Gasteiger partial charge < -0.3 is 10.2 Å². The molecule has 2 saturated carbocycles. The first-order valence-corrected chi connectivity index (χ1v) is 7.85. The van der Waals surface area contributed by atoms with Crippen LogP contribution in [0, 0.1) is 5.92 Å². The van der Waals surface area contributed by atoms with Crippen molar-refractivity contribution >= 4 is 5.82 Å². The first-order chi connectivity index (χ1) is 9.51. The Labute approximate surface area is 122 Å². The van der Waals surface area contributed by atoms with Gasteiger partial charge in [-0.25, -0.2) is 0 Å². The Kier molecular flexibility index (Phi) is 3.67. The summed E-state index contributed by atoms with van der Waals surface area (Å²) in [6.45, 7) is 8.46. The lowest BCUT2D eigenvalue weighted by Crippen LogP contribution is -2.35. The summed E-state index contributed by atoms with van der Waals surface area (Å²) in [5, 5.41) is 12.3. The van der Waals surface area contributed by atoms with Crippen LogP contribution in [0.3, 0.4) is 0 Å². The molecule has 0 spiro atoms. The largest absolute Gasteiger partial charge is 0.352 e. The normalized spacial score (nSPS) is 19.1. The molecule has 20 heavy (non-hydrogen) atoms. The molecule has 2 aliphatic carbocycles. The third-order valence-electron chi connectivity index (χ3n) is 3.94. The fourth-order valence-corrected chi connectivity index (χ4v) is 2.35. The van der Waals surface area contributed by atoms with Crippen molar-refractivity contribution in [3.8, 4) is 0 Å². The molecule has 1 aromatic heterocycles. The first kappa shape index (κ1) is 13.8. The predicted octanol–water partition coefficient (Wildman–Crippen LogP) is 2.74. The molecule has 3 rings (SSSR count). The van der Waals surface area contributed by atoms with Gasteiger partial charge in [-0.15, -0.1) is 5.10 Å². The maximum Gasteiger partial charge on any atom is 0.151 e. The van der Waals surface area contributed by atoms with Gasteiger partial charge in [0, 0.05) is 24.7 Å². The number of rotatable bonds is 6. The lowest BCUT2D eigenvalue weighted by molar-refractivity contribution is 0.420. The number of hydrogen-bond donors (Lipinski definition) is 1. The third kappa shape index (κ3) is 3.92. The molecule has 110 valence electrons. The highest BCUT2D eigenvalue weighted by Crippen LogP contribution is 2.36. The van der Waals surface area contributed by atoms with Crippen LogP contribution in [0.2, 0.25) is 0 Å². The van der Waals surface area contributed by atoms with Crippen molar-refractivity contribution < 1.29 is 0 Å². The van der Waals surface area contributed by atoms with Gasteiger partial charge in [0.25, 0.3) is 0 Å². The molecule has 0 amide bonds. The van der Waals surface area contributed by atoms with Crippen LogP contribution >= 0.6 is 0 Å². The molecule has 1 heterocycles. The standard InChI is InChI=1S/C16H26N4/c1-16(2,3)17-10-13-6-9-15(19-18-13)20(14-7-8-14)11-12-4-5-12/h6,9,12,14,17H,4-5,7-8,10-11H2,1-3H3. The number of anilines is 1. The van der Waals surface area contributed by atoms with E-state index in [9.17, 15) is 0 Å². The minimum Gasteiger partial charge on any atom is -0.352 e. The van der Waals surface area contributed by atoms with Crippen molar-refractivity contribution in [2.75, 3.05) is 11.4 Å². The fraction of sp³-hybridized carbons (Fsp3) is 0.750. The zero-order valence-electron chi connectivity index (χ0n) is 12.9. The molecule has 0 bridgehead atoms. The highest BCUT2D eigenvalue weighted by atomic mass is 15.3. The average molecular weight is 274 g/mol. The Morgan fingerprint density at radius 1 is 1.15 bits per heavy atom. The third-order valence-corrected chi connectivity index (χ3v) is 3.94. The Hall–Kier alpha value is -1.16. The number of hydrogen-bond acceptors (Lipinski definition) is 4.